The summed E-state index contributed by atoms with van der Waals surface area (Å²) < 4.78 is 165. The van der Waals surface area contributed by atoms with Crippen LogP contribution >= 0.6 is 64.0 Å². The van der Waals surface area contributed by atoms with Gasteiger partial charge in [0, 0.05) is 128 Å². The second-order valence-corrected chi connectivity index (χ2v) is 28.4. The average Bonchev–Trinajstić information content (AvgIpc) is 1.49. The van der Waals surface area contributed by atoms with Gasteiger partial charge in [0.05, 0.1) is 117 Å². The van der Waals surface area contributed by atoms with E-state index in [1.807, 2.05) is 0 Å². The smallest absolute Gasteiger partial charge is 1.00 e. The Morgan fingerprint density at radius 2 is 0.667 bits per heavy atom. The molecule has 3 fully saturated rings. The Balaban J connectivity index is -0.000000121. The summed E-state index contributed by atoms with van der Waals surface area (Å²) in [6, 6.07) is 0. The first-order valence-corrected chi connectivity index (χ1v) is 36.9. The maximum Gasteiger partial charge on any atom is 1.00 e. The van der Waals surface area contributed by atoms with Gasteiger partial charge in [-0.3, -0.25) is 0 Å². The Bertz CT molecular complexity index is 1860. The number of hydrogen-bond donors (Lipinski definition) is 6. The van der Waals surface area contributed by atoms with Crippen LogP contribution in [0.2, 0.25) is 0 Å². The predicted molar refractivity (Wildman–Crippen MR) is 306 cm³/mol. The van der Waals surface area contributed by atoms with Gasteiger partial charge in [0.15, 0.2) is 0 Å². The van der Waals surface area contributed by atoms with Crippen molar-refractivity contribution in [1.29, 1.82) is 0 Å². The molecule has 3 heterocycles. The van der Waals surface area contributed by atoms with Gasteiger partial charge in [-0.1, -0.05) is 25.8 Å². The number of nitrogens with one attached hydrogen (secondary N) is 1. The maximum atomic E-state index is 11.7. The van der Waals surface area contributed by atoms with E-state index in [9.17, 15) is 78.1 Å². The van der Waals surface area contributed by atoms with Crippen molar-refractivity contribution in [3.8, 4) is 0 Å². The SMILES string of the molecule is C.CCC(COCC(O)CN(C[P+](C)=O)C[P+](=O)O[O-])(COCC(O)CN(C[P+](=O)O[O-])C[P+](=O)O[O-])COCC(O)CN(C[P+](=O)O[O-])C[P+](=O)O[O-].CCC(COCC1CO1)(COCC1CO1)COCC1CO1.O=[P+](CNC[P+](=O)OO)OO.[H-].[H-].[Na+].[Na+].[Na+].[Na+].[Na+].[Na+].[Na+].[Na].[Na].[Na]. The minimum atomic E-state index is -2.79. The molecule has 3 saturated heterocycles. The fourth-order valence-electron chi connectivity index (χ4n) is 6.85. The molecule has 3 rings (SSSR count). The summed E-state index contributed by atoms with van der Waals surface area (Å²) in [7, 11) is -20.0. The van der Waals surface area contributed by atoms with Crippen molar-refractivity contribution in [2.45, 2.75) is 70.7 Å². The van der Waals surface area contributed by atoms with Crippen LogP contribution in [0.15, 0.2) is 0 Å². The molecule has 14 atom stereocenters. The average molecular weight is 1640 g/mol. The van der Waals surface area contributed by atoms with Gasteiger partial charge in [0.25, 0.3) is 0 Å². The van der Waals surface area contributed by atoms with E-state index < -0.39 is 132 Å². The van der Waals surface area contributed by atoms with E-state index in [1.165, 1.54) is 11.6 Å². The first-order valence-electron chi connectivity index (χ1n) is 25.4. The molecule has 96 heavy (non-hydrogen) atoms. The van der Waals surface area contributed by atoms with Crippen molar-refractivity contribution in [2.24, 2.45) is 10.8 Å². The Morgan fingerprint density at radius 1 is 0.448 bits per heavy atom. The number of aliphatic hydroxyl groups excluding tert-OH is 3. The van der Waals surface area contributed by atoms with Gasteiger partial charge in [0.2, 0.25) is 50.3 Å². The Labute approximate surface area is 790 Å². The van der Waals surface area contributed by atoms with Crippen LogP contribution in [0.25, 0.3) is 0 Å². The van der Waals surface area contributed by atoms with Gasteiger partial charge < -0.3 is 87.1 Å². The van der Waals surface area contributed by atoms with Crippen molar-refractivity contribution in [3.05, 3.63) is 0 Å². The summed E-state index contributed by atoms with van der Waals surface area (Å²) in [5, 5.41) is 102. The molecule has 56 heteroatoms. The zero-order valence-corrected chi connectivity index (χ0v) is 83.9. The standard InChI is InChI=1S/C22H44N3O22P6.C15H26O6.C2H5NO6P2.CH4.10Na.2H/c1-3-22(10-40-7-19(26)4-23(13-48(2)34)14-49(35)43-29,11-41-8-20(27)5-24(15-50(36)44-30)16-51(37)45-31)12-42-9-21(28)6-25(17-52(38)46-32)18-53(39)47-33;1-2-15(9-16-3-12-6-19-12,10-17-4-13-7-20-13)11-18-5-14-8-21-14;4-8-10(6)1-3-2-11(7)9-5;;;;;;;;;;;;;/h19-21,26-28H,3-18H2,1-2H3;12-14H,2-11H2,1H3;3H,1-2H2;1H4;;;;;;;;;;;;/q+1;;;;;;;7*+1;2*-1/p+2. The molecule has 0 spiro atoms. The van der Waals surface area contributed by atoms with Crippen molar-refractivity contribution in [1.82, 2.24) is 20.0 Å². The number of aliphatic hydroxyl groups is 3. The summed E-state index contributed by atoms with van der Waals surface area (Å²) in [6.45, 7) is 8.93. The van der Waals surface area contributed by atoms with E-state index in [-0.39, 0.29) is 383 Å². The molecule has 0 aromatic heterocycles. The quantitative estimate of drug-likeness (QED) is 0.0108. The largest absolute Gasteiger partial charge is 1.00 e. The molecule has 6 N–H and O–H groups in total. The number of nitrogens with zero attached hydrogens (tertiary/aromatic N) is 3. The van der Waals surface area contributed by atoms with Gasteiger partial charge in [0.1, 0.15) is 25.0 Å². The van der Waals surface area contributed by atoms with E-state index in [2.05, 4.69) is 45.0 Å². The minimum absolute atomic E-state index is 0. The molecule has 0 bridgehead atoms. The van der Waals surface area contributed by atoms with Gasteiger partial charge in [-0.25, -0.2) is 30.5 Å². The molecule has 0 aliphatic carbocycles. The molecule has 3 aliphatic heterocycles. The van der Waals surface area contributed by atoms with Crippen molar-refractivity contribution in [2.75, 3.05) is 176 Å². The Kier molecular flexibility index (Phi) is 109. The summed E-state index contributed by atoms with van der Waals surface area (Å²) in [6.07, 6.45) is -5.03. The molecule has 14 unspecified atom stereocenters. The summed E-state index contributed by atoms with van der Waals surface area (Å²) in [5.74, 6) is 0. The van der Waals surface area contributed by atoms with E-state index in [0.717, 1.165) is 36.0 Å². The molecular formula is C40H83N4Na10O34P8+8. The summed E-state index contributed by atoms with van der Waals surface area (Å²) >= 11 is 0. The van der Waals surface area contributed by atoms with Crippen LogP contribution in [0.5, 0.6) is 0 Å². The first kappa shape index (κ1) is 129. The zero-order chi connectivity index (χ0) is 63.6. The van der Waals surface area contributed by atoms with Crippen LogP contribution in [0.4, 0.5) is 0 Å². The zero-order valence-electron chi connectivity index (χ0n) is 58.8. The van der Waals surface area contributed by atoms with E-state index in [4.69, 9.17) is 53.1 Å². The molecular weight excluding hydrogens is 1560 g/mol. The van der Waals surface area contributed by atoms with Crippen LogP contribution in [0.3, 0.4) is 0 Å². The second kappa shape index (κ2) is 81.2. The molecule has 0 aromatic carbocycles. The number of hydrogen-bond acceptors (Lipinski definition) is 38. The van der Waals surface area contributed by atoms with E-state index in [0.29, 0.717) is 58.0 Å². The molecule has 38 nitrogen and oxygen atoms in total. The van der Waals surface area contributed by atoms with Crippen LogP contribution in [0, 0.1) is 10.8 Å². The van der Waals surface area contributed by atoms with Crippen molar-refractivity contribution >= 4 is 153 Å². The Morgan fingerprint density at radius 3 is 0.854 bits per heavy atom. The fraction of sp³-hybridized carbons (Fsp3) is 1.00. The van der Waals surface area contributed by atoms with Gasteiger partial charge in [-0.15, -0.1) is 0 Å². The first-order chi connectivity index (χ1) is 40.5. The normalized spacial score (nSPS) is 17.9. The maximum absolute atomic E-state index is 11.7. The summed E-state index contributed by atoms with van der Waals surface area (Å²) in [5.41, 5.74) is -1.16. The molecule has 0 saturated carbocycles. The van der Waals surface area contributed by atoms with Crippen LogP contribution in [-0.2, 0) is 112 Å². The van der Waals surface area contributed by atoms with Crippen LogP contribution in [-0.4, -0.2) is 342 Å². The topological polar surface area (TPSA) is 532 Å². The second-order valence-electron chi connectivity index (χ2n) is 19.1. The van der Waals surface area contributed by atoms with Crippen LogP contribution in [0.1, 0.15) is 37.0 Å². The third-order valence-corrected chi connectivity index (χ3v) is 17.6. The van der Waals surface area contributed by atoms with Gasteiger partial charge in [-0.05, 0) is 44.8 Å². The number of ether oxygens (including phenoxy) is 9. The molecule has 3 radical (unpaired) electrons. The van der Waals surface area contributed by atoms with Crippen LogP contribution < -0.4 is 239 Å². The molecule has 3 aliphatic rings. The molecule has 0 aromatic rings. The third kappa shape index (κ3) is 72.6. The number of rotatable bonds is 55. The van der Waals surface area contributed by atoms with Crippen molar-refractivity contribution in [3.63, 3.8) is 0 Å². The summed E-state index contributed by atoms with van der Waals surface area (Å²) in [4.78, 5) is 3.36. The fourth-order valence-corrected chi connectivity index (χ4v) is 11.9. The number of epoxide rings is 3. The van der Waals surface area contributed by atoms with E-state index in [1.54, 1.807) is 6.92 Å². The molecule has 509 valence electrons. The van der Waals surface area contributed by atoms with E-state index >= 15 is 0 Å². The van der Waals surface area contributed by atoms with Gasteiger partial charge >= 0.3 is 271 Å². The monoisotopic (exact) mass is 1640 g/mol. The Hall–Kier alpha value is 9.60. The van der Waals surface area contributed by atoms with Gasteiger partial charge in [-0.2, -0.15) is 23.4 Å². The molecule has 0 amide bonds. The predicted octanol–water partition coefficient (Wildman–Crippen LogP) is -22.9. The minimum Gasteiger partial charge on any atom is -1.00 e. The third-order valence-electron chi connectivity index (χ3n) is 11.5. The van der Waals surface area contributed by atoms with Crippen molar-refractivity contribution < 1.29 is 374 Å².